The zero-order chi connectivity index (χ0) is 24.3. The van der Waals surface area contributed by atoms with Crippen LogP contribution < -0.4 is 36.1 Å². The number of carbonyl (C=O) groups is 1. The van der Waals surface area contributed by atoms with Crippen molar-refractivity contribution in [1.29, 1.82) is 0 Å². The molecule has 1 aromatic heterocycles. The molecule has 0 bridgehead atoms. The van der Waals surface area contributed by atoms with Gasteiger partial charge < -0.3 is 40.7 Å². The van der Waals surface area contributed by atoms with Gasteiger partial charge in [-0.2, -0.15) is 0 Å². The van der Waals surface area contributed by atoms with Gasteiger partial charge in [0.1, 0.15) is 12.0 Å². The molecule has 0 amide bonds. The summed E-state index contributed by atoms with van der Waals surface area (Å²) in [6.45, 7) is 8.54. The summed E-state index contributed by atoms with van der Waals surface area (Å²) in [5.41, 5.74) is 6.59. The number of carboxylic acids is 1. The van der Waals surface area contributed by atoms with Crippen LogP contribution in [0.3, 0.4) is 0 Å². The molecule has 34 heavy (non-hydrogen) atoms. The Labute approximate surface area is 198 Å². The molecule has 3 aliphatic heterocycles. The summed E-state index contributed by atoms with van der Waals surface area (Å²) in [4.78, 5) is 17.0. The lowest BCUT2D eigenvalue weighted by atomic mass is 9.76. The van der Waals surface area contributed by atoms with E-state index in [0.29, 0.717) is 48.3 Å². The molecule has 1 aromatic rings. The first-order valence-corrected chi connectivity index (χ1v) is 11.8. The van der Waals surface area contributed by atoms with Crippen molar-refractivity contribution in [3.05, 3.63) is 17.3 Å². The van der Waals surface area contributed by atoms with Crippen molar-refractivity contribution < 1.29 is 23.8 Å². The first-order valence-electron chi connectivity index (χ1n) is 11.8. The highest BCUT2D eigenvalue weighted by Crippen LogP contribution is 2.52. The first-order chi connectivity index (χ1) is 16.0. The minimum absolute atomic E-state index is 0.225. The van der Waals surface area contributed by atoms with E-state index in [1.165, 1.54) is 0 Å². The van der Waals surface area contributed by atoms with E-state index in [1.54, 1.807) is 6.34 Å². The van der Waals surface area contributed by atoms with Gasteiger partial charge in [0.2, 0.25) is 23.2 Å². The van der Waals surface area contributed by atoms with Crippen LogP contribution in [-0.2, 0) is 11.2 Å². The summed E-state index contributed by atoms with van der Waals surface area (Å²) in [6.07, 6.45) is 4.95. The number of furan rings is 1. The fourth-order valence-electron chi connectivity index (χ4n) is 5.22. The number of aliphatic carboxylic acids is 1. The second-order valence-electron chi connectivity index (χ2n) is 10.7. The number of nitrogens with one attached hydrogen (secondary N) is 3. The smallest absolute Gasteiger partial charge is 0.303 e. The van der Waals surface area contributed by atoms with Crippen molar-refractivity contribution in [3.8, 4) is 11.5 Å². The van der Waals surface area contributed by atoms with Crippen molar-refractivity contribution in [2.45, 2.75) is 83.3 Å². The molecule has 1 atom stereocenters. The third-order valence-electron chi connectivity index (χ3n) is 6.77. The predicted molar refractivity (Wildman–Crippen MR) is 125 cm³/mol. The fourth-order valence-corrected chi connectivity index (χ4v) is 5.22. The first kappa shape index (κ1) is 22.7. The van der Waals surface area contributed by atoms with E-state index in [0.717, 1.165) is 30.7 Å². The zero-order valence-electron chi connectivity index (χ0n) is 20.1. The largest absolute Gasteiger partial charge is 0.481 e. The standard InChI is InChI=1S/C23H34N6O5/c1-22(2,28-13-7-12(8-13)5-6-15(30)31)9-14-17-18(34-23(3,4)33-17)21(32-14)29-11-27-16-19(24)25-10-26-20(16)29/h10,12-13,20,27-28H,5-9,11,24H2,1-4H3,(H,25,26)(H,30,31)/t12-,13-,20-/m1/s1. The molecule has 0 unspecified atom stereocenters. The summed E-state index contributed by atoms with van der Waals surface area (Å²) >= 11 is 0. The second kappa shape index (κ2) is 8.00. The molecule has 0 spiro atoms. The van der Waals surface area contributed by atoms with Crippen molar-refractivity contribution in [2.24, 2.45) is 16.6 Å². The van der Waals surface area contributed by atoms with Gasteiger partial charge in [-0.25, -0.2) is 4.99 Å². The fraction of sp³-hybridized carbons (Fsp3) is 0.652. The number of anilines is 1. The molecule has 11 nitrogen and oxygen atoms in total. The maximum Gasteiger partial charge on any atom is 0.303 e. The van der Waals surface area contributed by atoms with E-state index in [9.17, 15) is 4.79 Å². The quantitative estimate of drug-likeness (QED) is 0.378. The van der Waals surface area contributed by atoms with E-state index in [4.69, 9.17) is 24.7 Å². The maximum absolute atomic E-state index is 10.8. The van der Waals surface area contributed by atoms with Crippen LogP contribution in [0.1, 0.15) is 59.1 Å². The Hall–Kier alpha value is -3.08. The topological polar surface area (TPSA) is 147 Å². The van der Waals surface area contributed by atoms with Gasteiger partial charge in [0.25, 0.3) is 0 Å². The van der Waals surface area contributed by atoms with E-state index < -0.39 is 11.8 Å². The van der Waals surface area contributed by atoms with E-state index in [-0.39, 0.29) is 18.1 Å². The summed E-state index contributed by atoms with van der Waals surface area (Å²) in [5, 5.41) is 19.1. The highest BCUT2D eigenvalue weighted by atomic mass is 16.7. The highest BCUT2D eigenvalue weighted by molar-refractivity contribution is 5.68. The molecule has 11 heteroatoms. The van der Waals surface area contributed by atoms with Gasteiger partial charge in [-0.05, 0) is 39.0 Å². The zero-order valence-corrected chi connectivity index (χ0v) is 20.1. The monoisotopic (exact) mass is 474 g/mol. The van der Waals surface area contributed by atoms with Crippen LogP contribution in [0.2, 0.25) is 0 Å². The number of carboxylic acid groups (broad SMARTS) is 1. The molecule has 4 aliphatic rings. The Morgan fingerprint density at radius 3 is 2.82 bits per heavy atom. The van der Waals surface area contributed by atoms with E-state index >= 15 is 0 Å². The van der Waals surface area contributed by atoms with Crippen LogP contribution in [0.4, 0.5) is 5.88 Å². The van der Waals surface area contributed by atoms with Gasteiger partial charge >= 0.3 is 5.97 Å². The van der Waals surface area contributed by atoms with Gasteiger partial charge in [-0.15, -0.1) is 0 Å². The van der Waals surface area contributed by atoms with Crippen LogP contribution in [0.15, 0.2) is 20.9 Å². The molecule has 1 saturated carbocycles. The lowest BCUT2D eigenvalue weighted by Gasteiger charge is -2.41. The average molecular weight is 475 g/mol. The van der Waals surface area contributed by atoms with Gasteiger partial charge in [0, 0.05) is 38.3 Å². The summed E-state index contributed by atoms with van der Waals surface area (Å²) in [5.74, 6) is 1.96. The Morgan fingerprint density at radius 2 is 2.09 bits per heavy atom. The lowest BCUT2D eigenvalue weighted by molar-refractivity contribution is -0.137. The van der Waals surface area contributed by atoms with Gasteiger partial charge in [-0.3, -0.25) is 9.69 Å². The summed E-state index contributed by atoms with van der Waals surface area (Å²) in [6, 6.07) is 0.370. The lowest BCUT2D eigenvalue weighted by Crippen LogP contribution is -2.52. The second-order valence-corrected chi connectivity index (χ2v) is 10.7. The van der Waals surface area contributed by atoms with Crippen molar-refractivity contribution in [3.63, 3.8) is 0 Å². The Balaban J connectivity index is 1.31. The van der Waals surface area contributed by atoms with Crippen LogP contribution in [-0.4, -0.2) is 47.6 Å². The molecular formula is C23H34N6O5. The molecule has 4 heterocycles. The highest BCUT2D eigenvalue weighted by Gasteiger charge is 2.45. The van der Waals surface area contributed by atoms with Gasteiger partial charge in [-0.1, -0.05) is 0 Å². The normalized spacial score (nSPS) is 26.7. The Kier molecular flexibility index (Phi) is 5.34. The molecule has 186 valence electrons. The minimum atomic E-state index is -0.792. The molecule has 2 fully saturated rings. The van der Waals surface area contributed by atoms with E-state index in [1.807, 2.05) is 18.7 Å². The number of hydrogen-bond donors (Lipinski definition) is 5. The SMILES string of the molecule is CC(C)(Cc1oc(N2CNC3=C(N)N=CN[C@@H]32)c2c1OC(C)(C)O2)N[C@H]1C[C@H](CCC(=O)O)C1. The van der Waals surface area contributed by atoms with Gasteiger partial charge in [0.05, 0.1) is 18.7 Å². The number of aliphatic imine (C=N–C) groups is 1. The molecule has 5 rings (SSSR count). The Morgan fingerprint density at radius 1 is 1.35 bits per heavy atom. The number of nitrogens with zero attached hydrogens (tertiary/aromatic N) is 2. The molecule has 0 radical (unpaired) electrons. The van der Waals surface area contributed by atoms with Crippen molar-refractivity contribution in [1.82, 2.24) is 16.0 Å². The molecule has 1 aliphatic carbocycles. The number of hydrogen-bond acceptors (Lipinski definition) is 10. The third-order valence-corrected chi connectivity index (χ3v) is 6.77. The van der Waals surface area contributed by atoms with Crippen LogP contribution in [0.25, 0.3) is 0 Å². The van der Waals surface area contributed by atoms with Crippen LogP contribution >= 0.6 is 0 Å². The minimum Gasteiger partial charge on any atom is -0.481 e. The third kappa shape index (κ3) is 4.24. The molecule has 6 N–H and O–H groups in total. The molecule has 0 aromatic carbocycles. The van der Waals surface area contributed by atoms with Crippen molar-refractivity contribution >= 4 is 18.2 Å². The average Bonchev–Trinajstić information content (AvgIpc) is 3.35. The molecule has 1 saturated heterocycles. The van der Waals surface area contributed by atoms with Gasteiger partial charge in [0.15, 0.2) is 5.76 Å². The number of fused-ring (bicyclic) bond motifs is 2. The van der Waals surface area contributed by atoms with Crippen molar-refractivity contribution in [2.75, 3.05) is 11.6 Å². The number of ether oxygens (including phenoxy) is 2. The summed E-state index contributed by atoms with van der Waals surface area (Å²) < 4.78 is 18.7. The predicted octanol–water partition coefficient (Wildman–Crippen LogP) is 1.79. The number of rotatable bonds is 8. The van der Waals surface area contributed by atoms with Crippen LogP contribution in [0.5, 0.6) is 11.5 Å². The number of nitrogens with two attached hydrogens (primary N) is 1. The van der Waals surface area contributed by atoms with Crippen LogP contribution in [0, 0.1) is 5.92 Å². The maximum atomic E-state index is 10.8. The van der Waals surface area contributed by atoms with E-state index in [2.05, 4.69) is 34.8 Å². The Bertz CT molecular complexity index is 1040. The molecular weight excluding hydrogens is 440 g/mol. The summed E-state index contributed by atoms with van der Waals surface area (Å²) in [7, 11) is 0.